The molecule has 1 aliphatic heterocycles. The number of ether oxygens (including phenoxy) is 1. The summed E-state index contributed by atoms with van der Waals surface area (Å²) in [5.41, 5.74) is -1.95. The van der Waals surface area contributed by atoms with Gasteiger partial charge in [0.25, 0.3) is 0 Å². The molecule has 0 aliphatic carbocycles. The van der Waals surface area contributed by atoms with Crippen LogP contribution in [0.2, 0.25) is 0 Å². The molecule has 2 aromatic carbocycles. The highest BCUT2D eigenvalue weighted by Gasteiger charge is 2.39. The second-order valence-corrected chi connectivity index (χ2v) is 8.55. The largest absolute Gasteiger partial charge is 0.416 e. The Balaban J connectivity index is 1.62. The highest BCUT2D eigenvalue weighted by Crippen LogP contribution is 2.40. The summed E-state index contributed by atoms with van der Waals surface area (Å²) < 4.78 is 85.6. The number of nitrogens with one attached hydrogen (secondary N) is 1. The third kappa shape index (κ3) is 5.84. The van der Waals surface area contributed by atoms with E-state index in [0.717, 1.165) is 12.0 Å². The molecule has 5 nitrogen and oxygen atoms in total. The van der Waals surface area contributed by atoms with E-state index in [2.05, 4.69) is 20.1 Å². The summed E-state index contributed by atoms with van der Waals surface area (Å²) in [5, 5.41) is 6.77. The van der Waals surface area contributed by atoms with E-state index in [1.54, 1.807) is 0 Å². The maximum atomic E-state index is 13.3. The molecular weight excluding hydrogens is 474 g/mol. The van der Waals surface area contributed by atoms with Crippen LogP contribution in [-0.2, 0) is 23.7 Å². The lowest BCUT2D eigenvalue weighted by Crippen LogP contribution is -2.44. The number of piperidine rings is 1. The third-order valence-electron chi connectivity index (χ3n) is 6.19. The highest BCUT2D eigenvalue weighted by atomic mass is 19.4. The Morgan fingerprint density at radius 2 is 1.69 bits per heavy atom. The Bertz CT molecular complexity index is 1070. The van der Waals surface area contributed by atoms with Crippen molar-refractivity contribution in [2.75, 3.05) is 6.54 Å². The van der Waals surface area contributed by atoms with E-state index in [-0.39, 0.29) is 30.3 Å². The summed E-state index contributed by atoms with van der Waals surface area (Å²) in [7, 11) is 0. The molecule has 3 aromatic rings. The molecule has 4 rings (SSSR count). The van der Waals surface area contributed by atoms with E-state index >= 15 is 0 Å². The predicted octanol–water partition coefficient (Wildman–Crippen LogP) is 6.33. The molecule has 0 spiro atoms. The first-order valence-corrected chi connectivity index (χ1v) is 11.1. The van der Waals surface area contributed by atoms with E-state index in [9.17, 15) is 26.3 Å². The second-order valence-electron chi connectivity index (χ2n) is 8.55. The van der Waals surface area contributed by atoms with Gasteiger partial charge in [-0.1, -0.05) is 30.3 Å². The minimum atomic E-state index is -4.91. The van der Waals surface area contributed by atoms with Gasteiger partial charge in [-0.05, 0) is 55.6 Å². The molecule has 0 bridgehead atoms. The van der Waals surface area contributed by atoms with Crippen LogP contribution in [0, 0.1) is 0 Å². The normalized spacial score (nSPS) is 20.7. The van der Waals surface area contributed by atoms with Crippen LogP contribution < -0.4 is 0 Å². The summed E-state index contributed by atoms with van der Waals surface area (Å²) in [6.07, 6.45) is -7.52. The quantitative estimate of drug-likeness (QED) is 0.404. The van der Waals surface area contributed by atoms with Crippen LogP contribution in [-0.4, -0.2) is 32.7 Å². The Labute approximate surface area is 198 Å². The minimum absolute atomic E-state index is 0.123. The van der Waals surface area contributed by atoms with Gasteiger partial charge in [-0.15, -0.1) is 0 Å². The summed E-state index contributed by atoms with van der Waals surface area (Å²) in [6.45, 7) is 2.29. The first-order valence-electron chi connectivity index (χ1n) is 11.1. The van der Waals surface area contributed by atoms with Gasteiger partial charge in [0.1, 0.15) is 12.2 Å². The SMILES string of the molecule is CC(c1ncn[nH]1)N1CCCC(OCc2cc(C(F)(F)F)cc(C(F)(F)F)c2)C1c1ccccc1. The molecule has 1 N–H and O–H groups in total. The van der Waals surface area contributed by atoms with E-state index in [1.165, 1.54) is 6.33 Å². The number of alkyl halides is 6. The molecule has 35 heavy (non-hydrogen) atoms. The Kier molecular flexibility index (Phi) is 7.18. The van der Waals surface area contributed by atoms with Crippen LogP contribution in [0.5, 0.6) is 0 Å². The van der Waals surface area contributed by atoms with E-state index in [0.29, 0.717) is 30.9 Å². The van der Waals surface area contributed by atoms with Gasteiger partial charge in [0.2, 0.25) is 0 Å². The molecule has 1 fully saturated rings. The smallest absolute Gasteiger partial charge is 0.372 e. The maximum absolute atomic E-state index is 13.3. The number of aromatic nitrogens is 3. The molecule has 1 aliphatic rings. The molecule has 0 saturated carbocycles. The number of halogens is 6. The zero-order chi connectivity index (χ0) is 25.2. The van der Waals surface area contributed by atoms with Crippen molar-refractivity contribution < 1.29 is 31.1 Å². The zero-order valence-corrected chi connectivity index (χ0v) is 18.8. The fourth-order valence-electron chi connectivity index (χ4n) is 4.53. The average Bonchev–Trinajstić information content (AvgIpc) is 3.36. The van der Waals surface area contributed by atoms with Crippen molar-refractivity contribution in [3.05, 3.63) is 82.9 Å². The van der Waals surface area contributed by atoms with Gasteiger partial charge >= 0.3 is 12.4 Å². The molecule has 11 heteroatoms. The summed E-state index contributed by atoms with van der Waals surface area (Å²) >= 11 is 0. The van der Waals surface area contributed by atoms with Gasteiger partial charge < -0.3 is 4.74 Å². The van der Waals surface area contributed by atoms with Crippen molar-refractivity contribution in [3.63, 3.8) is 0 Å². The molecular formula is C24H24F6N4O. The number of likely N-dealkylation sites (tertiary alicyclic amines) is 1. The molecule has 3 unspecified atom stereocenters. The minimum Gasteiger partial charge on any atom is -0.372 e. The summed E-state index contributed by atoms with van der Waals surface area (Å²) in [6, 6.07) is 10.6. The number of rotatable bonds is 6. The topological polar surface area (TPSA) is 54.0 Å². The van der Waals surface area contributed by atoms with Crippen LogP contribution in [0.4, 0.5) is 26.3 Å². The van der Waals surface area contributed by atoms with E-state index in [1.807, 2.05) is 37.3 Å². The molecule has 3 atom stereocenters. The van der Waals surface area contributed by atoms with Crippen LogP contribution in [0.15, 0.2) is 54.9 Å². The number of benzene rings is 2. The number of H-pyrrole nitrogens is 1. The van der Waals surface area contributed by atoms with Gasteiger partial charge in [0.05, 0.1) is 35.9 Å². The molecule has 0 radical (unpaired) electrons. The lowest BCUT2D eigenvalue weighted by molar-refractivity contribution is -0.143. The van der Waals surface area contributed by atoms with E-state index in [4.69, 9.17) is 4.74 Å². The van der Waals surface area contributed by atoms with Crippen molar-refractivity contribution in [2.24, 2.45) is 0 Å². The maximum Gasteiger partial charge on any atom is 0.416 e. The predicted molar refractivity (Wildman–Crippen MR) is 115 cm³/mol. The molecule has 0 amide bonds. The summed E-state index contributed by atoms with van der Waals surface area (Å²) in [4.78, 5) is 6.41. The van der Waals surface area contributed by atoms with Crippen LogP contribution >= 0.6 is 0 Å². The first kappa shape index (κ1) is 25.2. The molecule has 2 heterocycles. The number of hydrogen-bond acceptors (Lipinski definition) is 4. The number of aromatic amines is 1. The fourth-order valence-corrected chi connectivity index (χ4v) is 4.53. The first-order chi connectivity index (χ1) is 16.5. The number of nitrogens with zero attached hydrogens (tertiary/aromatic N) is 3. The van der Waals surface area contributed by atoms with Crippen molar-refractivity contribution in [3.8, 4) is 0 Å². The second kappa shape index (κ2) is 9.98. The molecule has 1 saturated heterocycles. The van der Waals surface area contributed by atoms with Crippen molar-refractivity contribution in [1.29, 1.82) is 0 Å². The molecule has 188 valence electrons. The van der Waals surface area contributed by atoms with Gasteiger partial charge in [-0.25, -0.2) is 4.98 Å². The summed E-state index contributed by atoms with van der Waals surface area (Å²) in [5.74, 6) is 0.652. The third-order valence-corrected chi connectivity index (χ3v) is 6.19. The lowest BCUT2D eigenvalue weighted by Gasteiger charge is -2.44. The molecule has 1 aromatic heterocycles. The number of hydrogen-bond donors (Lipinski definition) is 1. The van der Waals surface area contributed by atoms with Crippen molar-refractivity contribution in [1.82, 2.24) is 20.1 Å². The Hall–Kier alpha value is -2.92. The van der Waals surface area contributed by atoms with Crippen molar-refractivity contribution >= 4 is 0 Å². The van der Waals surface area contributed by atoms with Crippen molar-refractivity contribution in [2.45, 2.75) is 56.9 Å². The highest BCUT2D eigenvalue weighted by molar-refractivity contribution is 5.33. The van der Waals surface area contributed by atoms with Gasteiger partial charge in [-0.2, -0.15) is 31.4 Å². The standard InChI is InChI=1S/C24H24F6N4O/c1-15(22-31-14-32-33-22)34-9-5-8-20(21(34)17-6-3-2-4-7-17)35-13-16-10-18(23(25,26)27)12-19(11-16)24(28,29)30/h2-4,6-7,10-12,14-15,20-21H,5,8-9,13H2,1H3,(H,31,32,33). The van der Waals surface area contributed by atoms with Gasteiger partial charge in [0, 0.05) is 0 Å². The Morgan fingerprint density at radius 3 is 2.26 bits per heavy atom. The van der Waals surface area contributed by atoms with Crippen LogP contribution in [0.1, 0.15) is 59.9 Å². The average molecular weight is 498 g/mol. The van der Waals surface area contributed by atoms with Gasteiger partial charge in [-0.3, -0.25) is 10.00 Å². The Morgan fingerprint density at radius 1 is 1.03 bits per heavy atom. The monoisotopic (exact) mass is 498 g/mol. The van der Waals surface area contributed by atoms with E-state index < -0.39 is 29.6 Å². The fraction of sp³-hybridized carbons (Fsp3) is 0.417. The van der Waals surface area contributed by atoms with Crippen LogP contribution in [0.25, 0.3) is 0 Å². The van der Waals surface area contributed by atoms with Crippen LogP contribution in [0.3, 0.4) is 0 Å². The van der Waals surface area contributed by atoms with Gasteiger partial charge in [0.15, 0.2) is 0 Å². The lowest BCUT2D eigenvalue weighted by atomic mass is 9.90. The zero-order valence-electron chi connectivity index (χ0n) is 18.8.